The van der Waals surface area contributed by atoms with Gasteiger partial charge in [-0.1, -0.05) is 19.3 Å². The maximum Gasteiger partial charge on any atom is 0.221 e. The van der Waals surface area contributed by atoms with Gasteiger partial charge in [-0.15, -0.1) is 0 Å². The summed E-state index contributed by atoms with van der Waals surface area (Å²) in [4.78, 5) is 12.6. The van der Waals surface area contributed by atoms with Crippen molar-refractivity contribution in [1.29, 1.82) is 0 Å². The monoisotopic (exact) mass is 348 g/mol. The average molecular weight is 348 g/mol. The second-order valence-corrected chi connectivity index (χ2v) is 7.29. The van der Waals surface area contributed by atoms with Crippen LogP contribution < -0.4 is 20.5 Å². The third-order valence-electron chi connectivity index (χ3n) is 5.50. The summed E-state index contributed by atoms with van der Waals surface area (Å²) in [6, 6.07) is 3.79. The van der Waals surface area contributed by atoms with Crippen LogP contribution in [-0.2, 0) is 4.79 Å². The summed E-state index contributed by atoms with van der Waals surface area (Å²) in [6.07, 6.45) is 6.23. The molecule has 25 heavy (non-hydrogen) atoms. The molecule has 2 rings (SSSR count). The zero-order valence-electron chi connectivity index (χ0n) is 16.0. The highest BCUT2D eigenvalue weighted by molar-refractivity contribution is 5.77. The van der Waals surface area contributed by atoms with Gasteiger partial charge in [0.2, 0.25) is 5.91 Å². The number of aryl methyl sites for hydroxylation is 1. The number of benzene rings is 1. The fraction of sp³-hybridized carbons (Fsp3) is 0.650. The summed E-state index contributed by atoms with van der Waals surface area (Å²) in [6.45, 7) is 4.61. The van der Waals surface area contributed by atoms with Crippen molar-refractivity contribution in [2.75, 3.05) is 20.8 Å². The Balaban J connectivity index is 2.08. The molecule has 1 saturated carbocycles. The minimum Gasteiger partial charge on any atom is -0.493 e. The molecular weight excluding hydrogens is 316 g/mol. The Hall–Kier alpha value is -1.75. The zero-order valence-corrected chi connectivity index (χ0v) is 16.0. The van der Waals surface area contributed by atoms with Crippen LogP contribution >= 0.6 is 0 Å². The highest BCUT2D eigenvalue weighted by Crippen LogP contribution is 2.38. The van der Waals surface area contributed by atoms with Crippen molar-refractivity contribution in [2.45, 2.75) is 58.4 Å². The number of amides is 1. The van der Waals surface area contributed by atoms with E-state index in [1.54, 1.807) is 14.2 Å². The Labute approximate surface area is 151 Å². The molecule has 1 aliphatic carbocycles. The molecule has 0 aliphatic heterocycles. The second kappa shape index (κ2) is 8.56. The Bertz CT molecular complexity index is 595. The first-order chi connectivity index (χ1) is 11.9. The van der Waals surface area contributed by atoms with E-state index < -0.39 is 0 Å². The van der Waals surface area contributed by atoms with E-state index >= 15 is 0 Å². The lowest BCUT2D eigenvalue weighted by molar-refractivity contribution is -0.124. The van der Waals surface area contributed by atoms with Gasteiger partial charge in [-0.05, 0) is 61.9 Å². The fourth-order valence-electron chi connectivity index (χ4n) is 3.93. The van der Waals surface area contributed by atoms with Gasteiger partial charge in [0.05, 0.1) is 20.3 Å². The molecule has 5 nitrogen and oxygen atoms in total. The van der Waals surface area contributed by atoms with Gasteiger partial charge in [-0.2, -0.15) is 0 Å². The molecular formula is C20H32N2O3. The Morgan fingerprint density at radius 3 is 2.36 bits per heavy atom. The highest BCUT2D eigenvalue weighted by atomic mass is 16.5. The minimum absolute atomic E-state index is 0.0192. The van der Waals surface area contributed by atoms with Crippen LogP contribution in [0.5, 0.6) is 11.5 Å². The standard InChI is InChI=1S/C20H32N2O3/c1-14-10-17(24-3)18(25-4)11-16(14)15(2)22-19(23)12-20(13-21)8-6-5-7-9-20/h10-11,15H,5-9,12-13,21H2,1-4H3,(H,22,23). The molecule has 140 valence electrons. The molecule has 0 spiro atoms. The van der Waals surface area contributed by atoms with Crippen molar-refractivity contribution >= 4 is 5.91 Å². The zero-order chi connectivity index (χ0) is 18.4. The molecule has 1 amide bonds. The molecule has 0 aromatic heterocycles. The number of hydrogen-bond acceptors (Lipinski definition) is 4. The van der Waals surface area contributed by atoms with Gasteiger partial charge in [0, 0.05) is 6.42 Å². The molecule has 1 atom stereocenters. The van der Waals surface area contributed by atoms with E-state index in [0.29, 0.717) is 24.5 Å². The number of carbonyl (C=O) groups excluding carboxylic acids is 1. The van der Waals surface area contributed by atoms with Gasteiger partial charge in [0.25, 0.3) is 0 Å². The van der Waals surface area contributed by atoms with Crippen LogP contribution in [0.15, 0.2) is 12.1 Å². The number of ether oxygens (including phenoxy) is 2. The van der Waals surface area contributed by atoms with E-state index in [2.05, 4.69) is 5.32 Å². The maximum atomic E-state index is 12.6. The van der Waals surface area contributed by atoms with Crippen LogP contribution in [0.2, 0.25) is 0 Å². The van der Waals surface area contributed by atoms with Crippen molar-refractivity contribution in [1.82, 2.24) is 5.32 Å². The number of methoxy groups -OCH3 is 2. The van der Waals surface area contributed by atoms with E-state index in [1.165, 1.54) is 19.3 Å². The summed E-state index contributed by atoms with van der Waals surface area (Å²) in [7, 11) is 3.24. The Kier molecular flexibility index (Phi) is 6.71. The maximum absolute atomic E-state index is 12.6. The van der Waals surface area contributed by atoms with Gasteiger partial charge in [-0.25, -0.2) is 0 Å². The van der Waals surface area contributed by atoms with Gasteiger partial charge in [0.1, 0.15) is 0 Å². The molecule has 0 radical (unpaired) electrons. The largest absolute Gasteiger partial charge is 0.493 e. The van der Waals surface area contributed by atoms with E-state index in [0.717, 1.165) is 24.0 Å². The first-order valence-corrected chi connectivity index (χ1v) is 9.16. The van der Waals surface area contributed by atoms with Gasteiger partial charge >= 0.3 is 0 Å². The van der Waals surface area contributed by atoms with Gasteiger partial charge < -0.3 is 20.5 Å². The van der Waals surface area contributed by atoms with Crippen molar-refractivity contribution < 1.29 is 14.3 Å². The third-order valence-corrected chi connectivity index (χ3v) is 5.50. The molecule has 1 aromatic carbocycles. The Morgan fingerprint density at radius 2 is 1.80 bits per heavy atom. The number of carbonyl (C=O) groups is 1. The molecule has 1 aliphatic rings. The first kappa shape index (κ1) is 19.6. The second-order valence-electron chi connectivity index (χ2n) is 7.29. The van der Waals surface area contributed by atoms with Gasteiger partial charge in [0.15, 0.2) is 11.5 Å². The topological polar surface area (TPSA) is 73.6 Å². The van der Waals surface area contributed by atoms with Crippen molar-refractivity contribution in [3.63, 3.8) is 0 Å². The molecule has 0 saturated heterocycles. The molecule has 5 heteroatoms. The van der Waals surface area contributed by atoms with Crippen LogP contribution in [0.4, 0.5) is 0 Å². The van der Waals surface area contributed by atoms with Crippen LogP contribution in [0.3, 0.4) is 0 Å². The van der Waals surface area contributed by atoms with Crippen LogP contribution in [0.25, 0.3) is 0 Å². The summed E-state index contributed by atoms with van der Waals surface area (Å²) < 4.78 is 10.7. The minimum atomic E-state index is -0.0919. The SMILES string of the molecule is COc1cc(C)c(C(C)NC(=O)CC2(CN)CCCCC2)cc1OC. The lowest BCUT2D eigenvalue weighted by Crippen LogP contribution is -2.39. The number of nitrogens with two attached hydrogens (primary N) is 1. The van der Waals surface area contributed by atoms with Crippen LogP contribution in [0.1, 0.15) is 62.6 Å². The Morgan fingerprint density at radius 1 is 1.20 bits per heavy atom. The lowest BCUT2D eigenvalue weighted by atomic mass is 9.71. The smallest absolute Gasteiger partial charge is 0.221 e. The molecule has 1 fully saturated rings. The van der Waals surface area contributed by atoms with Crippen molar-refractivity contribution in [2.24, 2.45) is 11.1 Å². The molecule has 3 N–H and O–H groups in total. The fourth-order valence-corrected chi connectivity index (χ4v) is 3.93. The van der Waals surface area contributed by atoms with Gasteiger partial charge in [-0.3, -0.25) is 4.79 Å². The third kappa shape index (κ3) is 4.66. The van der Waals surface area contributed by atoms with E-state index in [-0.39, 0.29) is 17.4 Å². The molecule has 0 heterocycles. The summed E-state index contributed by atoms with van der Waals surface area (Å²) >= 11 is 0. The number of hydrogen-bond donors (Lipinski definition) is 2. The number of nitrogens with one attached hydrogen (secondary N) is 1. The molecule has 1 unspecified atom stereocenters. The van der Waals surface area contributed by atoms with E-state index in [4.69, 9.17) is 15.2 Å². The van der Waals surface area contributed by atoms with Crippen LogP contribution in [0, 0.1) is 12.3 Å². The quantitative estimate of drug-likeness (QED) is 0.791. The van der Waals surface area contributed by atoms with Crippen molar-refractivity contribution in [3.8, 4) is 11.5 Å². The summed E-state index contributed by atoms with van der Waals surface area (Å²) in [5.74, 6) is 1.45. The van der Waals surface area contributed by atoms with E-state index in [1.807, 2.05) is 26.0 Å². The predicted octanol–water partition coefficient (Wildman–Crippen LogP) is 3.49. The highest BCUT2D eigenvalue weighted by Gasteiger charge is 2.33. The molecule has 1 aromatic rings. The van der Waals surface area contributed by atoms with E-state index in [9.17, 15) is 4.79 Å². The lowest BCUT2D eigenvalue weighted by Gasteiger charge is -2.36. The summed E-state index contributed by atoms with van der Waals surface area (Å²) in [5, 5.41) is 3.14. The first-order valence-electron chi connectivity index (χ1n) is 9.16. The molecule has 0 bridgehead atoms. The summed E-state index contributed by atoms with van der Waals surface area (Å²) in [5.41, 5.74) is 8.10. The average Bonchev–Trinajstić information content (AvgIpc) is 2.61. The number of rotatable bonds is 7. The van der Waals surface area contributed by atoms with Crippen LogP contribution in [-0.4, -0.2) is 26.7 Å². The predicted molar refractivity (Wildman–Crippen MR) is 100 cm³/mol. The van der Waals surface area contributed by atoms with Crippen molar-refractivity contribution in [3.05, 3.63) is 23.3 Å². The normalized spacial score (nSPS) is 17.6.